The molecule has 1 fully saturated rings. The number of benzene rings is 1. The molecule has 0 aliphatic carbocycles. The van der Waals surface area contributed by atoms with Crippen LogP contribution in [0.4, 0.5) is 10.1 Å². The minimum absolute atomic E-state index is 0. The van der Waals surface area contributed by atoms with Gasteiger partial charge in [-0.15, -0.1) is 24.8 Å². The fraction of sp³-hybridized carbons (Fsp3) is 0.600. The molecule has 1 aromatic carbocycles. The first kappa shape index (κ1) is 22.1. The van der Waals surface area contributed by atoms with Gasteiger partial charge in [0.2, 0.25) is 0 Å². The van der Waals surface area contributed by atoms with Crippen molar-refractivity contribution in [3.05, 3.63) is 39.7 Å². The van der Waals surface area contributed by atoms with Crippen molar-refractivity contribution in [2.24, 2.45) is 0 Å². The van der Waals surface area contributed by atoms with Crippen LogP contribution in [0.15, 0.2) is 18.2 Å². The van der Waals surface area contributed by atoms with Gasteiger partial charge < -0.3 is 5.32 Å². The highest BCUT2D eigenvalue weighted by Crippen LogP contribution is 2.31. The quantitative estimate of drug-likeness (QED) is 0.614. The number of nitrogens with one attached hydrogen (secondary N) is 1. The Bertz CT molecular complexity index is 500. The van der Waals surface area contributed by atoms with Gasteiger partial charge in [-0.3, -0.25) is 15.0 Å². The van der Waals surface area contributed by atoms with E-state index in [4.69, 9.17) is 0 Å². The van der Waals surface area contributed by atoms with Crippen molar-refractivity contribution < 1.29 is 9.31 Å². The van der Waals surface area contributed by atoms with E-state index in [1.165, 1.54) is 18.2 Å². The van der Waals surface area contributed by atoms with Gasteiger partial charge in [-0.2, -0.15) is 0 Å². The molecule has 1 atom stereocenters. The lowest BCUT2D eigenvalue weighted by molar-refractivity contribution is -0.385. The number of nitro groups is 1. The third kappa shape index (κ3) is 5.88. The molecule has 0 spiro atoms. The van der Waals surface area contributed by atoms with Crippen LogP contribution in [0.5, 0.6) is 0 Å². The van der Waals surface area contributed by atoms with Crippen molar-refractivity contribution in [2.45, 2.75) is 32.2 Å². The van der Waals surface area contributed by atoms with Crippen LogP contribution >= 0.6 is 24.8 Å². The van der Waals surface area contributed by atoms with Gasteiger partial charge in [-0.25, -0.2) is 4.39 Å². The van der Waals surface area contributed by atoms with Crippen molar-refractivity contribution in [1.29, 1.82) is 0 Å². The molecule has 132 valence electrons. The van der Waals surface area contributed by atoms with Crippen molar-refractivity contribution in [2.75, 3.05) is 26.2 Å². The van der Waals surface area contributed by atoms with E-state index < -0.39 is 4.92 Å². The molecule has 1 aromatic rings. The van der Waals surface area contributed by atoms with E-state index in [2.05, 4.69) is 17.1 Å². The first-order valence-corrected chi connectivity index (χ1v) is 7.52. The summed E-state index contributed by atoms with van der Waals surface area (Å²) in [6.07, 6.45) is 2.84. The summed E-state index contributed by atoms with van der Waals surface area (Å²) in [4.78, 5) is 12.7. The van der Waals surface area contributed by atoms with E-state index in [9.17, 15) is 14.5 Å². The number of non-ortho nitro benzene ring substituents is 1. The van der Waals surface area contributed by atoms with Gasteiger partial charge in [0, 0.05) is 49.9 Å². The van der Waals surface area contributed by atoms with Gasteiger partial charge in [0.1, 0.15) is 5.82 Å². The summed E-state index contributed by atoms with van der Waals surface area (Å²) in [6, 6.07) is 3.77. The summed E-state index contributed by atoms with van der Waals surface area (Å²) >= 11 is 0. The van der Waals surface area contributed by atoms with Crippen molar-refractivity contribution >= 4 is 30.5 Å². The molecular formula is C15H24Cl2FN3O2. The van der Waals surface area contributed by atoms with Crippen LogP contribution in [-0.2, 0) is 0 Å². The molecule has 0 unspecified atom stereocenters. The number of hydrogen-bond acceptors (Lipinski definition) is 4. The molecule has 1 aliphatic rings. The van der Waals surface area contributed by atoms with Gasteiger partial charge in [0.15, 0.2) is 0 Å². The second-order valence-electron chi connectivity index (χ2n) is 5.41. The molecule has 5 nitrogen and oxygen atoms in total. The zero-order valence-corrected chi connectivity index (χ0v) is 14.8. The fourth-order valence-corrected chi connectivity index (χ4v) is 2.83. The monoisotopic (exact) mass is 367 g/mol. The number of nitro benzene ring substituents is 1. The third-order valence-electron chi connectivity index (χ3n) is 3.97. The predicted molar refractivity (Wildman–Crippen MR) is 94.3 cm³/mol. The van der Waals surface area contributed by atoms with Gasteiger partial charge in [-0.05, 0) is 12.5 Å². The number of piperazine rings is 1. The van der Waals surface area contributed by atoms with E-state index >= 15 is 0 Å². The molecule has 1 N–H and O–H groups in total. The van der Waals surface area contributed by atoms with Crippen LogP contribution in [0, 0.1) is 15.9 Å². The molecule has 1 heterocycles. The maximum Gasteiger partial charge on any atom is 0.269 e. The highest BCUT2D eigenvalue weighted by Gasteiger charge is 2.25. The smallest absolute Gasteiger partial charge is 0.269 e. The van der Waals surface area contributed by atoms with E-state index in [0.29, 0.717) is 5.56 Å². The van der Waals surface area contributed by atoms with E-state index in [1.807, 2.05) is 0 Å². The molecule has 23 heavy (non-hydrogen) atoms. The second kappa shape index (κ2) is 10.8. The van der Waals surface area contributed by atoms with Crippen LogP contribution in [0.25, 0.3) is 0 Å². The summed E-state index contributed by atoms with van der Waals surface area (Å²) in [6.45, 7) is 5.53. The van der Waals surface area contributed by atoms with Crippen molar-refractivity contribution in [3.8, 4) is 0 Å². The number of halogens is 3. The van der Waals surface area contributed by atoms with Crippen LogP contribution in [0.1, 0.15) is 37.8 Å². The molecular weight excluding hydrogens is 344 g/mol. The molecule has 8 heteroatoms. The number of unbranched alkanes of at least 4 members (excludes halogenated alkanes) is 1. The van der Waals surface area contributed by atoms with Crippen molar-refractivity contribution in [3.63, 3.8) is 0 Å². The molecule has 1 saturated heterocycles. The van der Waals surface area contributed by atoms with E-state index in [-0.39, 0.29) is 42.4 Å². The average molecular weight is 368 g/mol. The standard InChI is InChI=1S/C15H22FN3O2.2ClH/c1-2-3-4-15(18-9-7-17-8-10-18)13-11-12(19(20)21)5-6-14(13)16;;/h5-6,11,15,17H,2-4,7-10H2,1H3;2*1H/t15-;;/m0../s1. The molecule has 0 amide bonds. The Morgan fingerprint density at radius 2 is 2.00 bits per heavy atom. The molecule has 2 rings (SSSR count). The Morgan fingerprint density at radius 1 is 1.35 bits per heavy atom. The highest BCUT2D eigenvalue weighted by atomic mass is 35.5. The Morgan fingerprint density at radius 3 is 2.57 bits per heavy atom. The average Bonchev–Trinajstić information content (AvgIpc) is 2.50. The predicted octanol–water partition coefficient (Wildman–Crippen LogP) is 3.71. The summed E-state index contributed by atoms with van der Waals surface area (Å²) in [7, 11) is 0. The highest BCUT2D eigenvalue weighted by molar-refractivity contribution is 5.85. The Kier molecular flexibility index (Phi) is 10.3. The lowest BCUT2D eigenvalue weighted by atomic mass is 9.97. The minimum atomic E-state index is -0.461. The molecule has 0 saturated carbocycles. The van der Waals surface area contributed by atoms with Crippen LogP contribution in [-0.4, -0.2) is 36.0 Å². The summed E-state index contributed by atoms with van der Waals surface area (Å²) < 4.78 is 14.2. The minimum Gasteiger partial charge on any atom is -0.314 e. The lowest BCUT2D eigenvalue weighted by Crippen LogP contribution is -2.45. The van der Waals surface area contributed by atoms with Crippen LogP contribution < -0.4 is 5.32 Å². The molecule has 0 aromatic heterocycles. The first-order chi connectivity index (χ1) is 10.1. The van der Waals surface area contributed by atoms with Crippen LogP contribution in [0.3, 0.4) is 0 Å². The maximum absolute atomic E-state index is 14.2. The summed E-state index contributed by atoms with van der Waals surface area (Å²) in [5.41, 5.74) is 0.419. The Balaban J connectivity index is 0.00000242. The number of rotatable bonds is 6. The molecule has 0 radical (unpaired) electrons. The molecule has 0 bridgehead atoms. The third-order valence-corrected chi connectivity index (χ3v) is 3.97. The van der Waals surface area contributed by atoms with Crippen molar-refractivity contribution in [1.82, 2.24) is 10.2 Å². The zero-order valence-electron chi connectivity index (χ0n) is 13.2. The lowest BCUT2D eigenvalue weighted by Gasteiger charge is -2.35. The SMILES string of the molecule is CCCC[C@@H](c1cc([N+](=O)[O-])ccc1F)N1CCNCC1.Cl.Cl. The van der Waals surface area contributed by atoms with Gasteiger partial charge in [0.25, 0.3) is 5.69 Å². The maximum atomic E-state index is 14.2. The van der Waals surface area contributed by atoms with Gasteiger partial charge >= 0.3 is 0 Å². The zero-order chi connectivity index (χ0) is 15.2. The topological polar surface area (TPSA) is 58.4 Å². The number of hydrogen-bond donors (Lipinski definition) is 1. The molecule has 1 aliphatic heterocycles. The van der Waals surface area contributed by atoms with E-state index in [1.54, 1.807) is 0 Å². The van der Waals surface area contributed by atoms with Crippen LogP contribution in [0.2, 0.25) is 0 Å². The van der Waals surface area contributed by atoms with E-state index in [0.717, 1.165) is 45.4 Å². The van der Waals surface area contributed by atoms with Gasteiger partial charge in [0.05, 0.1) is 4.92 Å². The Labute approximate surface area is 148 Å². The number of nitrogens with zero attached hydrogens (tertiary/aromatic N) is 2. The summed E-state index contributed by atoms with van der Waals surface area (Å²) in [5.74, 6) is -0.347. The van der Waals surface area contributed by atoms with Gasteiger partial charge in [-0.1, -0.05) is 19.8 Å². The Hall–Kier alpha value is -0.950. The first-order valence-electron chi connectivity index (χ1n) is 7.52. The largest absolute Gasteiger partial charge is 0.314 e. The second-order valence-corrected chi connectivity index (χ2v) is 5.41. The fourth-order valence-electron chi connectivity index (χ4n) is 2.83. The summed E-state index contributed by atoms with van der Waals surface area (Å²) in [5, 5.41) is 14.2. The normalized spacial score (nSPS) is 16.1.